The van der Waals surface area contributed by atoms with Crippen LogP contribution in [-0.2, 0) is 11.2 Å². The first kappa shape index (κ1) is 16.0. The van der Waals surface area contributed by atoms with E-state index in [4.69, 9.17) is 4.74 Å². The maximum absolute atomic E-state index is 12.9. The smallest absolute Gasteiger partial charge is 0.244 e. The van der Waals surface area contributed by atoms with Gasteiger partial charge in [0, 0.05) is 17.6 Å². The van der Waals surface area contributed by atoms with Crippen molar-refractivity contribution in [3.8, 4) is 5.75 Å². The van der Waals surface area contributed by atoms with E-state index in [1.165, 1.54) is 0 Å². The minimum absolute atomic E-state index is 0.0801. The second-order valence-electron chi connectivity index (χ2n) is 5.46. The Morgan fingerprint density at radius 1 is 1.22 bits per heavy atom. The molecule has 4 nitrogen and oxygen atoms in total. The fraction of sp³-hybridized carbons (Fsp3) is 0.278. The standard InChI is InChI=1S/C18H19BrN2O2/c1-23-17-9-5-4-8-16(17)21-11-10-20-15(18(21)22)12-13-6-2-3-7-14(13)19/h2-9,15,20H,10-12H2,1H3/t15-/m0/s1. The lowest BCUT2D eigenvalue weighted by Crippen LogP contribution is -2.56. The van der Waals surface area contributed by atoms with Crippen molar-refractivity contribution in [1.82, 2.24) is 5.32 Å². The van der Waals surface area contributed by atoms with Gasteiger partial charge in [-0.05, 0) is 30.2 Å². The predicted octanol–water partition coefficient (Wildman–Crippen LogP) is 3.01. The number of hydrogen-bond donors (Lipinski definition) is 1. The van der Waals surface area contributed by atoms with Crippen LogP contribution in [0.5, 0.6) is 5.75 Å². The van der Waals surface area contributed by atoms with E-state index >= 15 is 0 Å². The zero-order chi connectivity index (χ0) is 16.2. The Morgan fingerprint density at radius 3 is 2.74 bits per heavy atom. The fourth-order valence-corrected chi connectivity index (χ4v) is 3.32. The summed E-state index contributed by atoms with van der Waals surface area (Å²) in [6.07, 6.45) is 0.659. The molecule has 1 saturated heterocycles. The first-order valence-corrected chi connectivity index (χ1v) is 8.41. The van der Waals surface area contributed by atoms with Crippen LogP contribution in [0.1, 0.15) is 5.56 Å². The number of rotatable bonds is 4. The molecule has 0 bridgehead atoms. The maximum atomic E-state index is 12.9. The number of piperazine rings is 1. The van der Waals surface area contributed by atoms with E-state index in [0.29, 0.717) is 13.0 Å². The van der Waals surface area contributed by atoms with Crippen molar-refractivity contribution in [3.05, 3.63) is 58.6 Å². The molecule has 0 aromatic heterocycles. The molecule has 1 fully saturated rings. The number of halogens is 1. The first-order valence-electron chi connectivity index (χ1n) is 7.62. The normalized spacial score (nSPS) is 18.1. The van der Waals surface area contributed by atoms with Crippen molar-refractivity contribution in [2.24, 2.45) is 0 Å². The molecule has 23 heavy (non-hydrogen) atoms. The second kappa shape index (κ2) is 7.15. The molecule has 1 aliphatic rings. The molecule has 1 atom stereocenters. The minimum Gasteiger partial charge on any atom is -0.495 e. The van der Waals surface area contributed by atoms with Crippen LogP contribution in [0.4, 0.5) is 5.69 Å². The third-order valence-corrected chi connectivity index (χ3v) is 4.82. The number of anilines is 1. The van der Waals surface area contributed by atoms with E-state index in [2.05, 4.69) is 21.2 Å². The van der Waals surface area contributed by atoms with Gasteiger partial charge in [0.1, 0.15) is 5.75 Å². The molecule has 2 aromatic carbocycles. The highest BCUT2D eigenvalue weighted by atomic mass is 79.9. The molecule has 1 heterocycles. The van der Waals surface area contributed by atoms with Crippen molar-refractivity contribution in [1.29, 1.82) is 0 Å². The third kappa shape index (κ3) is 3.41. The monoisotopic (exact) mass is 374 g/mol. The van der Waals surface area contributed by atoms with Gasteiger partial charge in [-0.1, -0.05) is 46.3 Å². The Bertz CT molecular complexity index is 705. The summed E-state index contributed by atoms with van der Waals surface area (Å²) >= 11 is 3.55. The van der Waals surface area contributed by atoms with Crippen LogP contribution >= 0.6 is 15.9 Å². The number of carbonyl (C=O) groups is 1. The average Bonchev–Trinajstić information content (AvgIpc) is 2.58. The van der Waals surface area contributed by atoms with Gasteiger partial charge in [-0.15, -0.1) is 0 Å². The van der Waals surface area contributed by atoms with E-state index in [1.54, 1.807) is 7.11 Å². The van der Waals surface area contributed by atoms with E-state index in [0.717, 1.165) is 28.0 Å². The third-order valence-electron chi connectivity index (χ3n) is 4.05. The summed E-state index contributed by atoms with van der Waals surface area (Å²) in [6, 6.07) is 15.4. The van der Waals surface area contributed by atoms with Crippen molar-refractivity contribution in [2.45, 2.75) is 12.5 Å². The summed E-state index contributed by atoms with van der Waals surface area (Å²) in [7, 11) is 1.63. The van der Waals surface area contributed by atoms with E-state index in [9.17, 15) is 4.79 Å². The number of nitrogens with one attached hydrogen (secondary N) is 1. The van der Waals surface area contributed by atoms with Gasteiger partial charge in [-0.2, -0.15) is 0 Å². The van der Waals surface area contributed by atoms with Crippen LogP contribution in [0.25, 0.3) is 0 Å². The molecule has 3 rings (SSSR count). The number of ether oxygens (including phenoxy) is 1. The topological polar surface area (TPSA) is 41.6 Å². The molecule has 1 aliphatic heterocycles. The van der Waals surface area contributed by atoms with E-state index < -0.39 is 0 Å². The molecule has 5 heteroatoms. The van der Waals surface area contributed by atoms with Gasteiger partial charge in [0.15, 0.2) is 0 Å². The predicted molar refractivity (Wildman–Crippen MR) is 95.0 cm³/mol. The highest BCUT2D eigenvalue weighted by Gasteiger charge is 2.31. The van der Waals surface area contributed by atoms with Gasteiger partial charge in [-0.25, -0.2) is 0 Å². The lowest BCUT2D eigenvalue weighted by Gasteiger charge is -2.34. The van der Waals surface area contributed by atoms with Crippen LogP contribution in [0.15, 0.2) is 53.0 Å². The van der Waals surface area contributed by atoms with Gasteiger partial charge in [0.25, 0.3) is 0 Å². The van der Waals surface area contributed by atoms with Crippen LogP contribution in [0.2, 0.25) is 0 Å². The van der Waals surface area contributed by atoms with Crippen LogP contribution in [0, 0.1) is 0 Å². The molecule has 0 unspecified atom stereocenters. The Hall–Kier alpha value is -1.85. The first-order chi connectivity index (χ1) is 11.2. The Kier molecular flexibility index (Phi) is 4.98. The fourth-order valence-electron chi connectivity index (χ4n) is 2.87. The Morgan fingerprint density at radius 2 is 1.96 bits per heavy atom. The number of nitrogens with zero attached hydrogens (tertiary/aromatic N) is 1. The van der Waals surface area contributed by atoms with Gasteiger partial charge >= 0.3 is 0 Å². The summed E-state index contributed by atoms with van der Waals surface area (Å²) in [4.78, 5) is 14.7. The SMILES string of the molecule is COc1ccccc1N1CCN[C@@H](Cc2ccccc2Br)C1=O. The van der Waals surface area contributed by atoms with Crippen LogP contribution in [0.3, 0.4) is 0 Å². The van der Waals surface area contributed by atoms with Crippen molar-refractivity contribution < 1.29 is 9.53 Å². The summed E-state index contributed by atoms with van der Waals surface area (Å²) in [5.74, 6) is 0.805. The van der Waals surface area contributed by atoms with Crippen molar-refractivity contribution in [2.75, 3.05) is 25.1 Å². The minimum atomic E-state index is -0.229. The van der Waals surface area contributed by atoms with E-state index in [-0.39, 0.29) is 11.9 Å². The highest BCUT2D eigenvalue weighted by molar-refractivity contribution is 9.10. The average molecular weight is 375 g/mol. The summed E-state index contributed by atoms with van der Waals surface area (Å²) in [5.41, 5.74) is 1.96. The van der Waals surface area contributed by atoms with E-state index in [1.807, 2.05) is 53.4 Å². The number of methoxy groups -OCH3 is 1. The second-order valence-corrected chi connectivity index (χ2v) is 6.32. The van der Waals surface area contributed by atoms with Crippen molar-refractivity contribution >= 4 is 27.5 Å². The molecule has 1 N–H and O–H groups in total. The van der Waals surface area contributed by atoms with Crippen LogP contribution in [-0.4, -0.2) is 32.1 Å². The lowest BCUT2D eigenvalue weighted by atomic mass is 10.0. The summed E-state index contributed by atoms with van der Waals surface area (Å²) in [6.45, 7) is 1.41. The highest BCUT2D eigenvalue weighted by Crippen LogP contribution is 2.29. The molecular formula is C18H19BrN2O2. The molecule has 120 valence electrons. The Labute approximate surface area is 144 Å². The van der Waals surface area contributed by atoms with Crippen molar-refractivity contribution in [3.63, 3.8) is 0 Å². The van der Waals surface area contributed by atoms with Gasteiger partial charge in [0.2, 0.25) is 5.91 Å². The number of hydrogen-bond acceptors (Lipinski definition) is 3. The molecule has 2 aromatic rings. The number of benzene rings is 2. The number of para-hydroxylation sites is 2. The summed E-state index contributed by atoms with van der Waals surface area (Å²) < 4.78 is 6.43. The quantitative estimate of drug-likeness (QED) is 0.894. The lowest BCUT2D eigenvalue weighted by molar-refractivity contribution is -0.121. The zero-order valence-electron chi connectivity index (χ0n) is 13.0. The number of amides is 1. The summed E-state index contributed by atoms with van der Waals surface area (Å²) in [5, 5.41) is 3.33. The number of carbonyl (C=O) groups excluding carboxylic acids is 1. The van der Waals surface area contributed by atoms with Crippen LogP contribution < -0.4 is 15.0 Å². The van der Waals surface area contributed by atoms with Gasteiger partial charge in [-0.3, -0.25) is 4.79 Å². The maximum Gasteiger partial charge on any atom is 0.244 e. The molecule has 0 saturated carbocycles. The zero-order valence-corrected chi connectivity index (χ0v) is 14.5. The molecule has 0 radical (unpaired) electrons. The Balaban J connectivity index is 1.83. The van der Waals surface area contributed by atoms with Gasteiger partial charge in [0.05, 0.1) is 18.8 Å². The molecular weight excluding hydrogens is 356 g/mol. The van der Waals surface area contributed by atoms with Gasteiger partial charge < -0.3 is 15.0 Å². The largest absolute Gasteiger partial charge is 0.495 e. The molecule has 0 spiro atoms. The molecule has 1 amide bonds. The molecule has 0 aliphatic carbocycles.